The van der Waals surface area contributed by atoms with Crippen molar-refractivity contribution in [2.75, 3.05) is 5.75 Å². The standard InChI is InChI=1S/C22H32OS/c1-16-9-11-20-19(13-22(20,2)3)18(10-12-21(16)23)15-24-14-17-7-5-4-6-8-17/h4-9,18-21,23H,10-15H2,1-3H3/b16-9-. The van der Waals surface area contributed by atoms with Crippen molar-refractivity contribution >= 4 is 11.8 Å². The fraction of sp³-hybridized carbons (Fsp3) is 0.636. The van der Waals surface area contributed by atoms with Crippen LogP contribution in [0.2, 0.25) is 0 Å². The van der Waals surface area contributed by atoms with Gasteiger partial charge >= 0.3 is 0 Å². The summed E-state index contributed by atoms with van der Waals surface area (Å²) in [5.41, 5.74) is 3.08. The van der Waals surface area contributed by atoms with Gasteiger partial charge in [-0.15, -0.1) is 0 Å². The summed E-state index contributed by atoms with van der Waals surface area (Å²) in [6.45, 7) is 6.97. The number of allylic oxidation sites excluding steroid dienone is 1. The van der Waals surface area contributed by atoms with Gasteiger partial charge in [-0.1, -0.05) is 50.3 Å². The van der Waals surface area contributed by atoms with Gasteiger partial charge in [-0.2, -0.15) is 11.8 Å². The molecule has 0 bridgehead atoms. The summed E-state index contributed by atoms with van der Waals surface area (Å²) in [4.78, 5) is 0. The zero-order valence-electron chi connectivity index (χ0n) is 15.4. The van der Waals surface area contributed by atoms with E-state index in [4.69, 9.17) is 0 Å². The predicted molar refractivity (Wildman–Crippen MR) is 105 cm³/mol. The minimum absolute atomic E-state index is 0.229. The highest BCUT2D eigenvalue weighted by molar-refractivity contribution is 7.98. The lowest BCUT2D eigenvalue weighted by atomic mass is 9.51. The summed E-state index contributed by atoms with van der Waals surface area (Å²) in [5, 5.41) is 10.4. The Morgan fingerprint density at radius 3 is 2.62 bits per heavy atom. The van der Waals surface area contributed by atoms with Crippen LogP contribution in [0.1, 0.15) is 52.0 Å². The third-order valence-electron chi connectivity index (χ3n) is 6.36. The fourth-order valence-electron chi connectivity index (χ4n) is 4.68. The predicted octanol–water partition coefficient (Wildman–Crippen LogP) is 5.69. The summed E-state index contributed by atoms with van der Waals surface area (Å²) in [6, 6.07) is 10.8. The summed E-state index contributed by atoms with van der Waals surface area (Å²) in [5.74, 6) is 4.74. The molecule has 4 atom stereocenters. The van der Waals surface area contributed by atoms with Crippen LogP contribution in [0.15, 0.2) is 42.0 Å². The molecule has 1 N–H and O–H groups in total. The second-order valence-electron chi connectivity index (χ2n) is 8.50. The lowest BCUT2D eigenvalue weighted by Crippen LogP contribution is -2.47. The summed E-state index contributed by atoms with van der Waals surface area (Å²) in [7, 11) is 0. The molecule has 0 aliphatic heterocycles. The Morgan fingerprint density at radius 2 is 1.92 bits per heavy atom. The van der Waals surface area contributed by atoms with Crippen molar-refractivity contribution in [3.8, 4) is 0 Å². The third-order valence-corrected chi connectivity index (χ3v) is 7.56. The SMILES string of the molecule is C/C1=C/CC2C(CC2(C)C)C(CSCc2ccccc2)CCC1O. The van der Waals surface area contributed by atoms with Crippen LogP contribution in [0.4, 0.5) is 0 Å². The molecule has 2 aliphatic carbocycles. The molecule has 0 saturated heterocycles. The van der Waals surface area contributed by atoms with Crippen molar-refractivity contribution in [1.29, 1.82) is 0 Å². The van der Waals surface area contributed by atoms with Crippen LogP contribution in [0.25, 0.3) is 0 Å². The molecule has 3 rings (SSSR count). The first-order valence-electron chi connectivity index (χ1n) is 9.44. The zero-order chi connectivity index (χ0) is 17.2. The summed E-state index contributed by atoms with van der Waals surface area (Å²) < 4.78 is 0. The van der Waals surface area contributed by atoms with Crippen LogP contribution in [0.5, 0.6) is 0 Å². The molecule has 0 radical (unpaired) electrons. The highest BCUT2D eigenvalue weighted by Gasteiger charge is 2.49. The average molecular weight is 345 g/mol. The van der Waals surface area contributed by atoms with Crippen LogP contribution in [-0.2, 0) is 5.75 Å². The average Bonchev–Trinajstić information content (AvgIpc) is 2.60. The molecule has 0 aromatic heterocycles. The second-order valence-corrected chi connectivity index (χ2v) is 9.53. The number of hydrogen-bond donors (Lipinski definition) is 1. The first-order chi connectivity index (χ1) is 11.5. The molecule has 1 aromatic carbocycles. The van der Waals surface area contributed by atoms with Crippen LogP contribution < -0.4 is 0 Å². The molecule has 24 heavy (non-hydrogen) atoms. The van der Waals surface area contributed by atoms with Gasteiger partial charge in [0.15, 0.2) is 0 Å². The van der Waals surface area contributed by atoms with Gasteiger partial charge in [0.1, 0.15) is 0 Å². The summed E-state index contributed by atoms with van der Waals surface area (Å²) in [6.07, 6.45) is 6.71. The van der Waals surface area contributed by atoms with Gasteiger partial charge in [-0.3, -0.25) is 0 Å². The normalized spacial score (nSPS) is 34.8. The highest BCUT2D eigenvalue weighted by Crippen LogP contribution is 2.57. The van der Waals surface area contributed by atoms with E-state index >= 15 is 0 Å². The molecule has 2 heteroatoms. The minimum atomic E-state index is -0.229. The third kappa shape index (κ3) is 4.08. The van der Waals surface area contributed by atoms with Gasteiger partial charge in [0, 0.05) is 5.75 Å². The first-order valence-corrected chi connectivity index (χ1v) is 10.6. The smallest absolute Gasteiger partial charge is 0.0747 e. The van der Waals surface area contributed by atoms with Crippen molar-refractivity contribution in [3.05, 3.63) is 47.5 Å². The molecule has 1 saturated carbocycles. The Morgan fingerprint density at radius 1 is 1.17 bits per heavy atom. The Kier molecular flexibility index (Phi) is 5.77. The molecule has 0 spiro atoms. The van der Waals surface area contributed by atoms with E-state index in [0.717, 1.165) is 36.3 Å². The van der Waals surface area contributed by atoms with Gasteiger partial charge in [0.25, 0.3) is 0 Å². The fourth-order valence-corrected chi connectivity index (χ4v) is 5.94. The largest absolute Gasteiger partial charge is 0.389 e. The van der Waals surface area contributed by atoms with Gasteiger partial charge < -0.3 is 5.11 Å². The van der Waals surface area contributed by atoms with E-state index in [1.54, 1.807) is 0 Å². The number of hydrogen-bond acceptors (Lipinski definition) is 2. The Balaban J connectivity index is 1.63. The quantitative estimate of drug-likeness (QED) is 0.708. The van der Waals surface area contributed by atoms with Crippen molar-refractivity contribution in [3.63, 3.8) is 0 Å². The van der Waals surface area contributed by atoms with E-state index < -0.39 is 0 Å². The number of benzene rings is 1. The molecule has 1 fully saturated rings. The molecular formula is C22H32OS. The molecule has 1 nitrogen and oxygen atoms in total. The lowest BCUT2D eigenvalue weighted by Gasteiger charge is -2.54. The van der Waals surface area contributed by atoms with Gasteiger partial charge in [-0.25, -0.2) is 0 Å². The van der Waals surface area contributed by atoms with Crippen LogP contribution in [0.3, 0.4) is 0 Å². The molecule has 0 heterocycles. The summed E-state index contributed by atoms with van der Waals surface area (Å²) >= 11 is 2.08. The van der Waals surface area contributed by atoms with E-state index in [-0.39, 0.29) is 6.10 Å². The van der Waals surface area contributed by atoms with E-state index in [0.29, 0.717) is 5.41 Å². The van der Waals surface area contributed by atoms with E-state index in [9.17, 15) is 5.11 Å². The van der Waals surface area contributed by atoms with Crippen LogP contribution in [0, 0.1) is 23.2 Å². The van der Waals surface area contributed by atoms with Crippen LogP contribution >= 0.6 is 11.8 Å². The van der Waals surface area contributed by atoms with Crippen molar-refractivity contribution in [2.45, 2.75) is 58.3 Å². The molecule has 0 amide bonds. The van der Waals surface area contributed by atoms with Crippen LogP contribution in [-0.4, -0.2) is 17.0 Å². The van der Waals surface area contributed by atoms with Crippen molar-refractivity contribution < 1.29 is 5.11 Å². The molecular weight excluding hydrogens is 312 g/mol. The maximum Gasteiger partial charge on any atom is 0.0747 e. The van der Waals surface area contributed by atoms with E-state index in [2.05, 4.69) is 68.9 Å². The Bertz CT molecular complexity index is 563. The number of aliphatic hydroxyl groups excluding tert-OH is 1. The maximum absolute atomic E-state index is 10.4. The van der Waals surface area contributed by atoms with Gasteiger partial charge in [0.05, 0.1) is 6.10 Å². The number of aliphatic hydroxyl groups is 1. The highest BCUT2D eigenvalue weighted by atomic mass is 32.2. The van der Waals surface area contributed by atoms with Gasteiger partial charge in [0.2, 0.25) is 0 Å². The molecule has 132 valence electrons. The van der Waals surface area contributed by atoms with E-state index in [1.165, 1.54) is 29.7 Å². The Hall–Kier alpha value is -0.730. The van der Waals surface area contributed by atoms with Crippen molar-refractivity contribution in [1.82, 2.24) is 0 Å². The lowest BCUT2D eigenvalue weighted by molar-refractivity contribution is -0.0416. The zero-order valence-corrected chi connectivity index (χ0v) is 16.2. The molecule has 2 aliphatic rings. The molecule has 1 aromatic rings. The molecule has 4 unspecified atom stereocenters. The second kappa shape index (κ2) is 7.66. The number of fused-ring (bicyclic) bond motifs is 1. The monoisotopic (exact) mass is 344 g/mol. The maximum atomic E-state index is 10.4. The topological polar surface area (TPSA) is 20.2 Å². The van der Waals surface area contributed by atoms with Gasteiger partial charge in [-0.05, 0) is 72.7 Å². The number of rotatable bonds is 4. The Labute approximate surface area is 151 Å². The van der Waals surface area contributed by atoms with E-state index in [1.807, 2.05) is 0 Å². The first kappa shape index (κ1) is 18.1. The number of thioether (sulfide) groups is 1. The van der Waals surface area contributed by atoms with Crippen molar-refractivity contribution in [2.24, 2.45) is 23.2 Å². The minimum Gasteiger partial charge on any atom is -0.389 e.